The number of carbonyl (C=O) groups excluding carboxylic acids is 1. The molecule has 1 fully saturated rings. The van der Waals surface area contributed by atoms with Crippen molar-refractivity contribution in [1.82, 2.24) is 4.90 Å². The summed E-state index contributed by atoms with van der Waals surface area (Å²) in [5.41, 5.74) is 1.26. The standard InChI is InChI=1S/C22H27ClN2O4S/c1-16-8-11-19(12-9-16)30(27,28)25(18-10-13-21(29-3)20(23)14-18)15-22(26)24(2)17-6-4-5-7-17/h8-14,17H,4-7,15H2,1-3H3. The number of hydrogen-bond donors (Lipinski definition) is 0. The molecular formula is C22H27ClN2O4S. The van der Waals surface area contributed by atoms with Crippen LogP contribution in [0.5, 0.6) is 5.75 Å². The van der Waals surface area contributed by atoms with Crippen molar-refractivity contribution in [3.05, 3.63) is 53.1 Å². The molecule has 0 radical (unpaired) electrons. The summed E-state index contributed by atoms with van der Waals surface area (Å²) in [6.07, 6.45) is 4.06. The maximum absolute atomic E-state index is 13.5. The number of likely N-dealkylation sites (N-methyl/N-ethyl adjacent to an activating group) is 1. The molecule has 8 heteroatoms. The summed E-state index contributed by atoms with van der Waals surface area (Å²) in [7, 11) is -0.739. The van der Waals surface area contributed by atoms with Gasteiger partial charge in [-0.25, -0.2) is 8.42 Å². The van der Waals surface area contributed by atoms with Gasteiger partial charge in [0.05, 0.1) is 22.7 Å². The first-order chi connectivity index (χ1) is 14.2. The zero-order valence-electron chi connectivity index (χ0n) is 17.5. The molecule has 3 rings (SSSR count). The van der Waals surface area contributed by atoms with Gasteiger partial charge in [-0.2, -0.15) is 0 Å². The van der Waals surface area contributed by atoms with Gasteiger partial charge in [0.2, 0.25) is 5.91 Å². The minimum atomic E-state index is -3.97. The fourth-order valence-electron chi connectivity index (χ4n) is 3.69. The second-order valence-electron chi connectivity index (χ2n) is 7.59. The number of anilines is 1. The fourth-order valence-corrected chi connectivity index (χ4v) is 5.35. The number of amides is 1. The van der Waals surface area contributed by atoms with Crippen LogP contribution in [0.25, 0.3) is 0 Å². The monoisotopic (exact) mass is 450 g/mol. The summed E-state index contributed by atoms with van der Waals surface area (Å²) in [4.78, 5) is 14.8. The molecule has 0 unspecified atom stereocenters. The summed E-state index contributed by atoms with van der Waals surface area (Å²) >= 11 is 6.25. The molecule has 6 nitrogen and oxygen atoms in total. The fraction of sp³-hybridized carbons (Fsp3) is 0.409. The summed E-state index contributed by atoms with van der Waals surface area (Å²) in [6.45, 7) is 1.59. The molecule has 162 valence electrons. The third-order valence-corrected chi connectivity index (χ3v) is 7.66. The Morgan fingerprint density at radius 1 is 1.13 bits per heavy atom. The highest BCUT2D eigenvalue weighted by molar-refractivity contribution is 7.92. The number of benzene rings is 2. The van der Waals surface area contributed by atoms with Crippen LogP contribution in [-0.4, -0.2) is 46.0 Å². The van der Waals surface area contributed by atoms with Crippen LogP contribution in [0.2, 0.25) is 5.02 Å². The van der Waals surface area contributed by atoms with Crippen LogP contribution in [-0.2, 0) is 14.8 Å². The molecule has 0 spiro atoms. The number of carbonyl (C=O) groups is 1. The molecule has 0 heterocycles. The molecular weight excluding hydrogens is 424 g/mol. The quantitative estimate of drug-likeness (QED) is 0.632. The average Bonchev–Trinajstić information content (AvgIpc) is 3.26. The van der Waals surface area contributed by atoms with Crippen LogP contribution in [0.4, 0.5) is 5.69 Å². The largest absolute Gasteiger partial charge is 0.495 e. The number of aryl methyl sites for hydroxylation is 1. The highest BCUT2D eigenvalue weighted by Gasteiger charge is 2.31. The van der Waals surface area contributed by atoms with Crippen molar-refractivity contribution in [1.29, 1.82) is 0 Å². The van der Waals surface area contributed by atoms with Gasteiger partial charge in [-0.3, -0.25) is 9.10 Å². The molecule has 1 aliphatic carbocycles. The van der Waals surface area contributed by atoms with E-state index in [9.17, 15) is 13.2 Å². The van der Waals surface area contributed by atoms with Gasteiger partial charge in [-0.05, 0) is 50.1 Å². The van der Waals surface area contributed by atoms with Crippen molar-refractivity contribution in [3.63, 3.8) is 0 Å². The van der Waals surface area contributed by atoms with E-state index in [0.717, 1.165) is 35.6 Å². The number of halogens is 1. The predicted octanol–water partition coefficient (Wildman–Crippen LogP) is 4.25. The molecule has 0 atom stereocenters. The lowest BCUT2D eigenvalue weighted by atomic mass is 10.2. The lowest BCUT2D eigenvalue weighted by molar-refractivity contribution is -0.130. The van der Waals surface area contributed by atoms with Crippen molar-refractivity contribution in [2.24, 2.45) is 0 Å². The van der Waals surface area contributed by atoms with Gasteiger partial charge < -0.3 is 9.64 Å². The Labute approximate surface area is 183 Å². The topological polar surface area (TPSA) is 66.9 Å². The normalized spacial score (nSPS) is 14.5. The number of nitrogens with zero attached hydrogens (tertiary/aromatic N) is 2. The smallest absolute Gasteiger partial charge is 0.264 e. The first kappa shape index (κ1) is 22.4. The second kappa shape index (κ2) is 9.27. The van der Waals surface area contributed by atoms with Gasteiger partial charge in [-0.15, -0.1) is 0 Å². The average molecular weight is 451 g/mol. The van der Waals surface area contributed by atoms with E-state index in [1.807, 2.05) is 6.92 Å². The van der Waals surface area contributed by atoms with Crippen molar-refractivity contribution in [2.75, 3.05) is 25.0 Å². The Hall–Kier alpha value is -2.25. The van der Waals surface area contributed by atoms with E-state index in [4.69, 9.17) is 16.3 Å². The van der Waals surface area contributed by atoms with Gasteiger partial charge in [0.1, 0.15) is 12.3 Å². The van der Waals surface area contributed by atoms with Crippen LogP contribution >= 0.6 is 11.6 Å². The summed E-state index contributed by atoms with van der Waals surface area (Å²) < 4.78 is 33.2. The van der Waals surface area contributed by atoms with Crippen molar-refractivity contribution in [3.8, 4) is 5.75 Å². The van der Waals surface area contributed by atoms with Crippen LogP contribution in [0.15, 0.2) is 47.4 Å². The highest BCUT2D eigenvalue weighted by atomic mass is 35.5. The third-order valence-electron chi connectivity index (χ3n) is 5.58. The zero-order chi connectivity index (χ0) is 21.9. The molecule has 30 heavy (non-hydrogen) atoms. The number of methoxy groups -OCH3 is 1. The molecule has 0 bridgehead atoms. The molecule has 0 aromatic heterocycles. The molecule has 0 aliphatic heterocycles. The van der Waals surface area contributed by atoms with Crippen LogP contribution in [0, 0.1) is 6.92 Å². The van der Waals surface area contributed by atoms with Crippen molar-refractivity contribution < 1.29 is 17.9 Å². The van der Waals surface area contributed by atoms with Gasteiger partial charge in [0.25, 0.3) is 10.0 Å². The first-order valence-electron chi connectivity index (χ1n) is 9.92. The molecule has 0 N–H and O–H groups in total. The zero-order valence-corrected chi connectivity index (χ0v) is 19.0. The predicted molar refractivity (Wildman–Crippen MR) is 119 cm³/mol. The summed E-state index contributed by atoms with van der Waals surface area (Å²) in [5, 5.41) is 0.274. The highest BCUT2D eigenvalue weighted by Crippen LogP contribution is 2.32. The van der Waals surface area contributed by atoms with Gasteiger partial charge in [-0.1, -0.05) is 42.1 Å². The van der Waals surface area contributed by atoms with Crippen molar-refractivity contribution in [2.45, 2.75) is 43.5 Å². The molecule has 1 amide bonds. The van der Waals surface area contributed by atoms with Crippen LogP contribution < -0.4 is 9.04 Å². The first-order valence-corrected chi connectivity index (χ1v) is 11.7. The van der Waals surface area contributed by atoms with Crippen LogP contribution in [0.3, 0.4) is 0 Å². The van der Waals surface area contributed by atoms with E-state index < -0.39 is 10.0 Å². The molecule has 2 aromatic carbocycles. The minimum Gasteiger partial charge on any atom is -0.495 e. The Bertz CT molecular complexity index is 1000. The maximum atomic E-state index is 13.5. The number of rotatable bonds is 7. The van der Waals surface area contributed by atoms with Gasteiger partial charge >= 0.3 is 0 Å². The number of ether oxygens (including phenoxy) is 1. The Morgan fingerprint density at radius 2 is 1.77 bits per heavy atom. The molecule has 1 saturated carbocycles. The van der Waals surface area contributed by atoms with E-state index >= 15 is 0 Å². The van der Waals surface area contributed by atoms with E-state index in [2.05, 4.69) is 0 Å². The van der Waals surface area contributed by atoms with E-state index in [1.165, 1.54) is 13.2 Å². The minimum absolute atomic E-state index is 0.122. The second-order valence-corrected chi connectivity index (χ2v) is 9.86. The molecule has 0 saturated heterocycles. The Balaban J connectivity index is 1.98. The van der Waals surface area contributed by atoms with Gasteiger partial charge in [0, 0.05) is 13.1 Å². The van der Waals surface area contributed by atoms with E-state index in [0.29, 0.717) is 11.4 Å². The number of sulfonamides is 1. The SMILES string of the molecule is COc1ccc(N(CC(=O)N(C)C2CCCC2)S(=O)(=O)c2ccc(C)cc2)cc1Cl. The summed E-state index contributed by atoms with van der Waals surface area (Å²) in [6, 6.07) is 11.4. The van der Waals surface area contributed by atoms with E-state index in [1.54, 1.807) is 48.3 Å². The van der Waals surface area contributed by atoms with Crippen molar-refractivity contribution >= 4 is 33.2 Å². The Morgan fingerprint density at radius 3 is 2.33 bits per heavy atom. The maximum Gasteiger partial charge on any atom is 0.264 e. The Kier molecular flexibility index (Phi) is 6.93. The summed E-state index contributed by atoms with van der Waals surface area (Å²) in [5.74, 6) is 0.187. The molecule has 2 aromatic rings. The van der Waals surface area contributed by atoms with E-state index in [-0.39, 0.29) is 28.4 Å². The molecule has 1 aliphatic rings. The third kappa shape index (κ3) is 4.73. The lowest BCUT2D eigenvalue weighted by Crippen LogP contribution is -2.44. The lowest BCUT2D eigenvalue weighted by Gasteiger charge is -2.29. The number of hydrogen-bond acceptors (Lipinski definition) is 4. The van der Waals surface area contributed by atoms with Gasteiger partial charge in [0.15, 0.2) is 0 Å². The van der Waals surface area contributed by atoms with Crippen LogP contribution in [0.1, 0.15) is 31.2 Å².